The smallest absolute Gasteiger partial charge is 0.196 e. The molecule has 3 aromatic rings. The number of anilines is 1. The van der Waals surface area contributed by atoms with Crippen molar-refractivity contribution in [2.75, 3.05) is 40.1 Å². The van der Waals surface area contributed by atoms with Crippen LogP contribution in [-0.2, 0) is 0 Å². The number of benzene rings is 2. The number of fused-ring (bicyclic) bond motifs is 2. The van der Waals surface area contributed by atoms with Crippen LogP contribution in [0.5, 0.6) is 0 Å². The van der Waals surface area contributed by atoms with Gasteiger partial charge >= 0.3 is 0 Å². The normalized spacial score (nSPS) is 12.0. The first-order valence-corrected chi connectivity index (χ1v) is 8.10. The van der Waals surface area contributed by atoms with Crippen molar-refractivity contribution in [2.24, 2.45) is 0 Å². The van der Waals surface area contributed by atoms with Crippen LogP contribution in [0.1, 0.15) is 0 Å². The first-order valence-electron chi connectivity index (χ1n) is 7.28. The van der Waals surface area contributed by atoms with E-state index in [1.54, 1.807) is 11.3 Å². The Balaban J connectivity index is 2.55. The lowest BCUT2D eigenvalue weighted by atomic mass is 10.1. The molecule has 0 saturated carbocycles. The lowest BCUT2D eigenvalue weighted by Crippen LogP contribution is -2.34. The lowest BCUT2D eigenvalue weighted by Gasteiger charge is -2.24. The van der Waals surface area contributed by atoms with Crippen LogP contribution in [0.4, 0.5) is 11.4 Å². The van der Waals surface area contributed by atoms with E-state index in [-0.39, 0.29) is 5.43 Å². The Labute approximate surface area is 134 Å². The zero-order valence-corrected chi connectivity index (χ0v) is 14.5. The van der Waals surface area contributed by atoms with Gasteiger partial charge in [0.1, 0.15) is 5.69 Å². The molecule has 2 aromatic carbocycles. The molecule has 0 radical (unpaired) electrons. The standard InChI is InChI=1S/C18H21N2OS/c1-19(2)14-10-6-8-12-16(21)13-9-7-11-15(20(3,4)5)18(13)22-17(12)14/h6-11H,1-5H3/q+1. The highest BCUT2D eigenvalue weighted by Gasteiger charge is 2.20. The molecule has 0 fully saturated rings. The molecule has 0 atom stereocenters. The predicted octanol–water partition coefficient (Wildman–Crippen LogP) is 3.68. The van der Waals surface area contributed by atoms with E-state index >= 15 is 0 Å². The largest absolute Gasteiger partial charge is 0.377 e. The minimum Gasteiger partial charge on any atom is -0.377 e. The van der Waals surface area contributed by atoms with Gasteiger partial charge in [0.15, 0.2) is 5.43 Å². The van der Waals surface area contributed by atoms with Crippen molar-refractivity contribution in [1.29, 1.82) is 0 Å². The molecule has 3 rings (SSSR count). The van der Waals surface area contributed by atoms with Crippen molar-refractivity contribution in [3.63, 3.8) is 0 Å². The molecule has 0 saturated heterocycles. The summed E-state index contributed by atoms with van der Waals surface area (Å²) in [5.74, 6) is 0. The average molecular weight is 313 g/mol. The Morgan fingerprint density at radius 1 is 0.909 bits per heavy atom. The third kappa shape index (κ3) is 2.28. The van der Waals surface area contributed by atoms with Gasteiger partial charge in [-0.25, -0.2) is 0 Å². The van der Waals surface area contributed by atoms with Gasteiger partial charge in [0, 0.05) is 30.9 Å². The van der Waals surface area contributed by atoms with Gasteiger partial charge in [-0.15, -0.1) is 11.3 Å². The second-order valence-corrected chi connectivity index (χ2v) is 7.67. The zero-order chi connectivity index (χ0) is 16.1. The summed E-state index contributed by atoms with van der Waals surface area (Å²) in [4.78, 5) is 15.0. The Morgan fingerprint density at radius 2 is 1.50 bits per heavy atom. The quantitative estimate of drug-likeness (QED) is 0.531. The summed E-state index contributed by atoms with van der Waals surface area (Å²) in [5, 5.41) is 1.63. The molecule has 0 N–H and O–H groups in total. The van der Waals surface area contributed by atoms with Crippen LogP contribution in [0.3, 0.4) is 0 Å². The molecule has 0 aliphatic rings. The van der Waals surface area contributed by atoms with Crippen molar-refractivity contribution in [1.82, 2.24) is 4.48 Å². The van der Waals surface area contributed by atoms with Gasteiger partial charge in [-0.05, 0) is 18.2 Å². The van der Waals surface area contributed by atoms with E-state index < -0.39 is 0 Å². The van der Waals surface area contributed by atoms with Gasteiger partial charge in [-0.1, -0.05) is 12.1 Å². The van der Waals surface area contributed by atoms with E-state index in [0.29, 0.717) is 4.48 Å². The maximum Gasteiger partial charge on any atom is 0.196 e. The Bertz CT molecular complexity index is 920. The fraction of sp³-hybridized carbons (Fsp3) is 0.278. The van der Waals surface area contributed by atoms with Gasteiger partial charge in [0.2, 0.25) is 0 Å². The SMILES string of the molecule is CN(C)c1cccc2c(=O)c3cccc([N+](C)(C)C)c3sc12. The summed E-state index contributed by atoms with van der Waals surface area (Å²) in [6, 6.07) is 12.0. The average Bonchev–Trinajstić information content (AvgIpc) is 2.45. The maximum absolute atomic E-state index is 12.9. The van der Waals surface area contributed by atoms with E-state index in [4.69, 9.17) is 0 Å². The number of rotatable bonds is 2. The van der Waals surface area contributed by atoms with Crippen molar-refractivity contribution in [3.8, 4) is 0 Å². The van der Waals surface area contributed by atoms with E-state index in [1.807, 2.05) is 38.4 Å². The van der Waals surface area contributed by atoms with E-state index in [1.165, 1.54) is 5.69 Å². The first-order chi connectivity index (χ1) is 10.3. The van der Waals surface area contributed by atoms with E-state index in [0.717, 1.165) is 25.9 Å². The van der Waals surface area contributed by atoms with Crippen LogP contribution in [0, 0.1) is 0 Å². The molecule has 1 heterocycles. The summed E-state index contributed by atoms with van der Waals surface area (Å²) in [6.07, 6.45) is 0. The molecule has 3 nitrogen and oxygen atoms in total. The summed E-state index contributed by atoms with van der Waals surface area (Å²) in [7, 11) is 10.4. The Kier molecular flexibility index (Phi) is 3.46. The molecule has 114 valence electrons. The van der Waals surface area contributed by atoms with E-state index in [9.17, 15) is 4.79 Å². The molecule has 0 aliphatic heterocycles. The minimum absolute atomic E-state index is 0.128. The van der Waals surface area contributed by atoms with Gasteiger partial charge in [-0.2, -0.15) is 0 Å². The highest BCUT2D eigenvalue weighted by Crippen LogP contribution is 2.37. The second kappa shape index (κ2) is 5.07. The van der Waals surface area contributed by atoms with Gasteiger partial charge < -0.3 is 4.90 Å². The molecule has 0 aliphatic carbocycles. The first kappa shape index (κ1) is 15.0. The zero-order valence-electron chi connectivity index (χ0n) is 13.7. The topological polar surface area (TPSA) is 20.3 Å². The predicted molar refractivity (Wildman–Crippen MR) is 99.5 cm³/mol. The van der Waals surface area contributed by atoms with Crippen LogP contribution >= 0.6 is 11.3 Å². The van der Waals surface area contributed by atoms with Crippen LogP contribution in [0.25, 0.3) is 20.2 Å². The molecule has 1 aromatic heterocycles. The number of hydrogen-bond donors (Lipinski definition) is 0. The van der Waals surface area contributed by atoms with Crippen molar-refractivity contribution in [3.05, 3.63) is 46.6 Å². The van der Waals surface area contributed by atoms with Crippen molar-refractivity contribution >= 4 is 42.9 Å². The van der Waals surface area contributed by atoms with E-state index in [2.05, 4.69) is 38.2 Å². The monoisotopic (exact) mass is 313 g/mol. The highest BCUT2D eigenvalue weighted by molar-refractivity contribution is 7.25. The minimum atomic E-state index is 0.128. The Morgan fingerprint density at radius 3 is 2.09 bits per heavy atom. The summed E-state index contributed by atoms with van der Waals surface area (Å²) < 4.78 is 2.84. The van der Waals surface area contributed by atoms with Crippen molar-refractivity contribution < 1.29 is 0 Å². The highest BCUT2D eigenvalue weighted by atomic mass is 32.1. The van der Waals surface area contributed by atoms with Gasteiger partial charge in [0.05, 0.1) is 36.2 Å². The van der Waals surface area contributed by atoms with Crippen LogP contribution in [-0.4, -0.2) is 35.2 Å². The summed E-state index contributed by atoms with van der Waals surface area (Å²) >= 11 is 1.72. The van der Waals surface area contributed by atoms with Crippen LogP contribution in [0.2, 0.25) is 0 Å². The molecular formula is C18H21N2OS+. The number of quaternary nitrogens is 1. The molecule has 22 heavy (non-hydrogen) atoms. The van der Waals surface area contributed by atoms with Crippen LogP contribution < -0.4 is 14.8 Å². The molecular weight excluding hydrogens is 292 g/mol. The molecule has 0 unspecified atom stereocenters. The van der Waals surface area contributed by atoms with Gasteiger partial charge in [0.25, 0.3) is 0 Å². The van der Waals surface area contributed by atoms with Crippen LogP contribution in [0.15, 0.2) is 41.2 Å². The number of nitrogens with zero attached hydrogens (tertiary/aromatic N) is 2. The third-order valence-electron chi connectivity index (χ3n) is 3.89. The fourth-order valence-electron chi connectivity index (χ4n) is 2.75. The molecule has 0 spiro atoms. The molecule has 0 amide bonds. The third-order valence-corrected chi connectivity index (χ3v) is 5.15. The summed E-state index contributed by atoms with van der Waals surface area (Å²) in [6.45, 7) is 0. The Hall–Kier alpha value is -1.91. The maximum atomic E-state index is 12.9. The second-order valence-electron chi connectivity index (χ2n) is 6.65. The molecule has 0 bridgehead atoms. The van der Waals surface area contributed by atoms with Gasteiger partial charge in [-0.3, -0.25) is 9.28 Å². The number of hydrogen-bond acceptors (Lipinski definition) is 3. The molecule has 4 heteroatoms. The lowest BCUT2D eigenvalue weighted by molar-refractivity contribution is 0.490. The van der Waals surface area contributed by atoms with Crippen molar-refractivity contribution in [2.45, 2.75) is 0 Å². The summed E-state index contributed by atoms with van der Waals surface area (Å²) in [5.41, 5.74) is 2.40. The fourth-order valence-corrected chi connectivity index (χ4v) is 4.30.